The van der Waals surface area contributed by atoms with Crippen molar-refractivity contribution in [2.75, 3.05) is 12.4 Å². The maximum atomic E-state index is 12.8. The summed E-state index contributed by atoms with van der Waals surface area (Å²) in [7, 11) is 0. The Morgan fingerprint density at radius 1 is 1.20 bits per heavy atom. The second-order valence-electron chi connectivity index (χ2n) is 8.88. The molecule has 30 heavy (non-hydrogen) atoms. The number of esters is 1. The first-order valence-corrected chi connectivity index (χ1v) is 11.2. The van der Waals surface area contributed by atoms with Gasteiger partial charge >= 0.3 is 5.97 Å². The number of nitrogens with zero attached hydrogens (tertiary/aromatic N) is 1. The number of ether oxygens (including phenoxy) is 1. The number of halogens is 1. The Morgan fingerprint density at radius 2 is 1.90 bits per heavy atom. The summed E-state index contributed by atoms with van der Waals surface area (Å²) in [6, 6.07) is 9.59. The van der Waals surface area contributed by atoms with Crippen LogP contribution in [0.15, 0.2) is 36.4 Å². The van der Waals surface area contributed by atoms with Crippen LogP contribution in [0.3, 0.4) is 0 Å². The molecule has 3 rings (SSSR count). The highest BCUT2D eigenvalue weighted by molar-refractivity contribution is 6.18. The molecule has 162 valence electrons. The number of likely N-dealkylation sites (tertiary alicyclic amines) is 1. The van der Waals surface area contributed by atoms with E-state index in [1.54, 1.807) is 6.08 Å². The van der Waals surface area contributed by atoms with Crippen LogP contribution in [-0.4, -0.2) is 41.2 Å². The molecule has 2 bridgehead atoms. The SMILES string of the molecule is CC1(C)[C@@H]2CC(=O)N(C(=O)CCCCl)C[C@H]1C[C@@H](OC(=O)/C=C/c1ccccc1)C2. The van der Waals surface area contributed by atoms with Crippen LogP contribution in [0.5, 0.6) is 0 Å². The number of benzene rings is 1. The van der Waals surface area contributed by atoms with Gasteiger partial charge in [0, 0.05) is 31.3 Å². The third-order valence-corrected chi connectivity index (χ3v) is 6.91. The Hall–Kier alpha value is -2.14. The number of amides is 2. The van der Waals surface area contributed by atoms with Gasteiger partial charge in [-0.05, 0) is 48.2 Å². The molecular formula is C24H30ClNO4. The molecule has 6 heteroatoms. The lowest BCUT2D eigenvalue weighted by atomic mass is 9.61. The van der Waals surface area contributed by atoms with Crippen LogP contribution in [0.1, 0.15) is 51.5 Å². The second-order valence-corrected chi connectivity index (χ2v) is 9.26. The van der Waals surface area contributed by atoms with Crippen molar-refractivity contribution < 1.29 is 19.1 Å². The van der Waals surface area contributed by atoms with Gasteiger partial charge in [-0.3, -0.25) is 14.5 Å². The van der Waals surface area contributed by atoms with Gasteiger partial charge in [-0.15, -0.1) is 11.6 Å². The Labute approximate surface area is 183 Å². The van der Waals surface area contributed by atoms with Crippen LogP contribution < -0.4 is 0 Å². The van der Waals surface area contributed by atoms with E-state index in [1.165, 1.54) is 11.0 Å². The lowest BCUT2D eigenvalue weighted by Crippen LogP contribution is -2.45. The van der Waals surface area contributed by atoms with Gasteiger partial charge in [0.25, 0.3) is 0 Å². The van der Waals surface area contributed by atoms with Crippen molar-refractivity contribution in [1.82, 2.24) is 4.90 Å². The minimum absolute atomic E-state index is 0.0745. The predicted octanol–water partition coefficient (Wildman–Crippen LogP) is 4.44. The molecule has 0 radical (unpaired) electrons. The predicted molar refractivity (Wildman–Crippen MR) is 117 cm³/mol. The number of alkyl halides is 1. The molecule has 3 atom stereocenters. The van der Waals surface area contributed by atoms with Gasteiger partial charge in [-0.1, -0.05) is 44.2 Å². The molecule has 5 nitrogen and oxygen atoms in total. The molecule has 1 aliphatic heterocycles. The fourth-order valence-electron chi connectivity index (χ4n) is 4.59. The van der Waals surface area contributed by atoms with E-state index in [4.69, 9.17) is 16.3 Å². The monoisotopic (exact) mass is 431 g/mol. The van der Waals surface area contributed by atoms with Crippen molar-refractivity contribution in [1.29, 1.82) is 0 Å². The molecule has 1 aliphatic carbocycles. The third kappa shape index (κ3) is 5.31. The van der Waals surface area contributed by atoms with Gasteiger partial charge in [0.05, 0.1) is 0 Å². The normalized spacial score (nSPS) is 25.8. The summed E-state index contributed by atoms with van der Waals surface area (Å²) in [4.78, 5) is 39.1. The van der Waals surface area contributed by atoms with Crippen LogP contribution in [0, 0.1) is 17.3 Å². The zero-order valence-corrected chi connectivity index (χ0v) is 18.4. The summed E-state index contributed by atoms with van der Waals surface area (Å²) in [5.41, 5.74) is 0.838. The number of carbonyl (C=O) groups is 3. The summed E-state index contributed by atoms with van der Waals surface area (Å²) in [6.07, 6.45) is 5.40. The lowest BCUT2D eigenvalue weighted by molar-refractivity contribution is -0.150. The third-order valence-electron chi connectivity index (χ3n) is 6.64. The van der Waals surface area contributed by atoms with Gasteiger partial charge in [0.1, 0.15) is 6.10 Å². The molecule has 0 unspecified atom stereocenters. The average molecular weight is 432 g/mol. The van der Waals surface area contributed by atoms with Crippen molar-refractivity contribution in [2.24, 2.45) is 17.3 Å². The lowest BCUT2D eigenvalue weighted by Gasteiger charge is -2.46. The molecule has 0 N–H and O–H groups in total. The number of fused-ring (bicyclic) bond motifs is 2. The molecule has 1 aromatic rings. The molecule has 1 saturated heterocycles. The number of carbonyl (C=O) groups excluding carboxylic acids is 3. The van der Waals surface area contributed by atoms with E-state index in [9.17, 15) is 14.4 Å². The zero-order valence-electron chi connectivity index (χ0n) is 17.7. The molecule has 0 aromatic heterocycles. The summed E-state index contributed by atoms with van der Waals surface area (Å²) in [5, 5.41) is 0. The first-order chi connectivity index (χ1) is 14.3. The fourth-order valence-corrected chi connectivity index (χ4v) is 4.73. The van der Waals surface area contributed by atoms with Gasteiger partial charge in [-0.25, -0.2) is 4.79 Å². The van der Waals surface area contributed by atoms with Crippen molar-refractivity contribution in [3.8, 4) is 0 Å². The Morgan fingerprint density at radius 3 is 2.60 bits per heavy atom. The highest BCUT2D eigenvalue weighted by Crippen LogP contribution is 2.49. The van der Waals surface area contributed by atoms with Crippen molar-refractivity contribution in [3.63, 3.8) is 0 Å². The quantitative estimate of drug-likeness (QED) is 0.379. The zero-order chi connectivity index (χ0) is 21.7. The number of rotatable bonds is 6. The smallest absolute Gasteiger partial charge is 0.331 e. The summed E-state index contributed by atoms with van der Waals surface area (Å²) in [5.74, 6) is -0.0695. The van der Waals surface area contributed by atoms with Gasteiger partial charge in [0.2, 0.25) is 11.8 Å². The molecule has 1 heterocycles. The highest BCUT2D eigenvalue weighted by Gasteiger charge is 2.49. The van der Waals surface area contributed by atoms with Crippen molar-refractivity contribution in [2.45, 2.75) is 52.1 Å². The van der Waals surface area contributed by atoms with E-state index in [0.717, 1.165) is 5.56 Å². The largest absolute Gasteiger partial charge is 0.459 e. The standard InChI is InChI=1S/C24H30ClNO4/c1-24(2)18-13-20(30-23(29)11-10-17-7-4-3-5-8-17)14-19(24)16-26(22(28)15-18)21(27)9-6-12-25/h3-5,7-8,10-11,18-20H,6,9,12-16H2,1-2H3/b11-10+/t18-,19+,20-/m0/s1. The number of hydrogen-bond acceptors (Lipinski definition) is 4. The molecule has 2 amide bonds. The minimum atomic E-state index is -0.373. The molecule has 1 saturated carbocycles. The topological polar surface area (TPSA) is 63.7 Å². The van der Waals surface area contributed by atoms with E-state index >= 15 is 0 Å². The average Bonchev–Trinajstić information content (AvgIpc) is 2.77. The van der Waals surface area contributed by atoms with Crippen molar-refractivity contribution >= 4 is 35.5 Å². The number of hydrogen-bond donors (Lipinski definition) is 0. The summed E-state index contributed by atoms with van der Waals surface area (Å²) >= 11 is 5.71. The fraction of sp³-hybridized carbons (Fsp3) is 0.542. The van der Waals surface area contributed by atoms with E-state index < -0.39 is 0 Å². The Kier molecular flexibility index (Phi) is 7.35. The van der Waals surface area contributed by atoms with Crippen molar-refractivity contribution in [3.05, 3.63) is 42.0 Å². The van der Waals surface area contributed by atoms with Crippen LogP contribution >= 0.6 is 11.6 Å². The molecule has 2 aliphatic rings. The van der Waals surface area contributed by atoms with E-state index in [-0.39, 0.29) is 47.6 Å². The van der Waals surface area contributed by atoms with Crippen LogP contribution in [0.2, 0.25) is 0 Å². The summed E-state index contributed by atoms with van der Waals surface area (Å²) < 4.78 is 5.74. The van der Waals surface area contributed by atoms with Gasteiger partial charge in [0.15, 0.2) is 0 Å². The first kappa shape index (κ1) is 22.5. The Bertz CT molecular complexity index is 805. The Balaban J connectivity index is 1.67. The molecule has 0 spiro atoms. The van der Waals surface area contributed by atoms with Crippen LogP contribution in [0.25, 0.3) is 6.08 Å². The molecular weight excluding hydrogens is 402 g/mol. The highest BCUT2D eigenvalue weighted by atomic mass is 35.5. The minimum Gasteiger partial charge on any atom is -0.459 e. The van der Waals surface area contributed by atoms with E-state index in [0.29, 0.717) is 38.1 Å². The van der Waals surface area contributed by atoms with E-state index in [1.807, 2.05) is 30.3 Å². The van der Waals surface area contributed by atoms with Crippen LogP contribution in [0.4, 0.5) is 0 Å². The molecule has 1 aromatic carbocycles. The number of imide groups is 1. The van der Waals surface area contributed by atoms with E-state index in [2.05, 4.69) is 13.8 Å². The first-order valence-electron chi connectivity index (χ1n) is 10.6. The molecule has 2 fully saturated rings. The summed E-state index contributed by atoms with van der Waals surface area (Å²) in [6.45, 7) is 4.71. The maximum Gasteiger partial charge on any atom is 0.331 e. The maximum absolute atomic E-state index is 12.8. The van der Waals surface area contributed by atoms with Gasteiger partial charge in [-0.2, -0.15) is 0 Å². The van der Waals surface area contributed by atoms with Gasteiger partial charge < -0.3 is 4.74 Å². The second kappa shape index (κ2) is 9.78. The van der Waals surface area contributed by atoms with Crippen LogP contribution in [-0.2, 0) is 19.1 Å².